The summed E-state index contributed by atoms with van der Waals surface area (Å²) < 4.78 is 25.7. The maximum atomic E-state index is 12.7. The van der Waals surface area contributed by atoms with Crippen LogP contribution in [0.5, 0.6) is 0 Å². The normalized spacial score (nSPS) is 17.8. The van der Waals surface area contributed by atoms with Crippen LogP contribution in [0.25, 0.3) is 0 Å². The van der Waals surface area contributed by atoms with E-state index in [9.17, 15) is 13.2 Å². The van der Waals surface area contributed by atoms with Crippen LogP contribution in [0, 0.1) is 0 Å². The molecule has 2 atom stereocenters. The molecule has 0 heterocycles. The predicted molar refractivity (Wildman–Crippen MR) is 109 cm³/mol. The molecule has 7 heteroatoms. The molecule has 2 aromatic carbocycles. The fraction of sp³-hybridized carbons (Fsp3) is 0.381. The number of sulfonamides is 1. The largest absolute Gasteiger partial charge is 0.330 e. The van der Waals surface area contributed by atoms with E-state index in [1.54, 1.807) is 12.1 Å². The van der Waals surface area contributed by atoms with Gasteiger partial charge in [0.2, 0.25) is 10.0 Å². The summed E-state index contributed by atoms with van der Waals surface area (Å²) in [5, 5.41) is 4.96. The number of nitrogens with zero attached hydrogens (tertiary/aromatic N) is 1. The Kier molecular flexibility index (Phi) is 6.17. The van der Waals surface area contributed by atoms with E-state index in [2.05, 4.69) is 28.8 Å². The summed E-state index contributed by atoms with van der Waals surface area (Å²) in [5.41, 5.74) is 3.16. The van der Waals surface area contributed by atoms with Crippen molar-refractivity contribution in [3.63, 3.8) is 0 Å². The molecule has 3 N–H and O–H groups in total. The van der Waals surface area contributed by atoms with E-state index < -0.39 is 10.0 Å². The van der Waals surface area contributed by atoms with Crippen LogP contribution in [0.3, 0.4) is 0 Å². The minimum absolute atomic E-state index is 0.137. The zero-order valence-electron chi connectivity index (χ0n) is 16.6. The first-order valence-electron chi connectivity index (χ1n) is 9.55. The Labute approximate surface area is 167 Å². The highest BCUT2D eigenvalue weighted by Crippen LogP contribution is 2.26. The maximum Gasteiger partial charge on any atom is 0.282 e. The van der Waals surface area contributed by atoms with Crippen LogP contribution in [0.15, 0.2) is 53.4 Å². The van der Waals surface area contributed by atoms with Gasteiger partial charge in [-0.3, -0.25) is 4.79 Å². The molecule has 1 amide bonds. The van der Waals surface area contributed by atoms with Crippen molar-refractivity contribution >= 4 is 21.6 Å². The average Bonchev–Trinajstić information content (AvgIpc) is 2.68. The van der Waals surface area contributed by atoms with Crippen LogP contribution in [0.2, 0.25) is 0 Å². The molecule has 1 aliphatic carbocycles. The van der Waals surface area contributed by atoms with Gasteiger partial charge in [-0.25, -0.2) is 12.7 Å². The van der Waals surface area contributed by atoms with Crippen molar-refractivity contribution in [1.29, 1.82) is 0 Å². The Morgan fingerprint density at radius 1 is 1.18 bits per heavy atom. The van der Waals surface area contributed by atoms with E-state index in [1.165, 1.54) is 37.4 Å². The molecule has 3 rings (SSSR count). The third-order valence-corrected chi connectivity index (χ3v) is 7.04. The van der Waals surface area contributed by atoms with Gasteiger partial charge in [-0.05, 0) is 43.5 Å². The number of rotatable bonds is 6. The van der Waals surface area contributed by atoms with E-state index >= 15 is 0 Å². The molecular formula is C21H28N3O3S+. The monoisotopic (exact) mass is 402 g/mol. The summed E-state index contributed by atoms with van der Waals surface area (Å²) >= 11 is 0. The van der Waals surface area contributed by atoms with Crippen molar-refractivity contribution in [2.24, 2.45) is 0 Å². The molecule has 0 unspecified atom stereocenters. The summed E-state index contributed by atoms with van der Waals surface area (Å²) in [6, 6.07) is 14.8. The molecule has 1 aliphatic rings. The second-order valence-electron chi connectivity index (χ2n) is 7.48. The van der Waals surface area contributed by atoms with E-state index in [0.717, 1.165) is 23.6 Å². The van der Waals surface area contributed by atoms with Crippen LogP contribution in [-0.2, 0) is 21.2 Å². The summed E-state index contributed by atoms with van der Waals surface area (Å²) in [6.45, 7) is 1.88. The zero-order valence-corrected chi connectivity index (χ0v) is 17.4. The Morgan fingerprint density at radius 3 is 2.68 bits per heavy atom. The Morgan fingerprint density at radius 2 is 1.93 bits per heavy atom. The second-order valence-corrected chi connectivity index (χ2v) is 9.64. The number of nitrogens with one attached hydrogen (secondary N) is 1. The zero-order chi connectivity index (χ0) is 20.3. The van der Waals surface area contributed by atoms with Gasteiger partial charge >= 0.3 is 0 Å². The number of carbonyl (C=O) groups is 1. The van der Waals surface area contributed by atoms with Gasteiger partial charge in [0.1, 0.15) is 6.04 Å². The van der Waals surface area contributed by atoms with E-state index in [1.807, 2.05) is 13.0 Å². The smallest absolute Gasteiger partial charge is 0.282 e. The highest BCUT2D eigenvalue weighted by molar-refractivity contribution is 7.89. The summed E-state index contributed by atoms with van der Waals surface area (Å²) in [6.07, 6.45) is 3.26. The first-order valence-corrected chi connectivity index (χ1v) is 11.0. The number of benzene rings is 2. The number of quaternary nitrogens is 1. The molecule has 0 aliphatic heterocycles. The maximum absolute atomic E-state index is 12.7. The van der Waals surface area contributed by atoms with Gasteiger partial charge in [-0.1, -0.05) is 30.3 Å². The lowest BCUT2D eigenvalue weighted by Crippen LogP contribution is -2.92. The van der Waals surface area contributed by atoms with Crippen LogP contribution >= 0.6 is 0 Å². The fourth-order valence-electron chi connectivity index (χ4n) is 3.63. The lowest BCUT2D eigenvalue weighted by molar-refractivity contribution is -0.714. The van der Waals surface area contributed by atoms with Gasteiger partial charge in [0.15, 0.2) is 6.04 Å². The van der Waals surface area contributed by atoms with Crippen LogP contribution in [0.1, 0.15) is 36.9 Å². The standard InChI is InChI=1S/C21H27N3O3S/c1-15(22-20-13-6-9-16-8-4-5-12-19(16)20)21(25)23-17-10-7-11-18(14-17)28(26,27)24(2)3/h4-5,7-8,10-12,14-15,20,22H,6,9,13H2,1-3H3,(H,23,25)/p+1/t15-,20-/m0/s1. The molecule has 28 heavy (non-hydrogen) atoms. The molecule has 6 nitrogen and oxygen atoms in total. The highest BCUT2D eigenvalue weighted by Gasteiger charge is 2.27. The van der Waals surface area contributed by atoms with Crippen molar-refractivity contribution in [3.05, 3.63) is 59.7 Å². The van der Waals surface area contributed by atoms with Crippen LogP contribution in [0.4, 0.5) is 5.69 Å². The van der Waals surface area contributed by atoms with Crippen molar-refractivity contribution in [2.45, 2.75) is 43.2 Å². The number of hydrogen-bond acceptors (Lipinski definition) is 3. The van der Waals surface area contributed by atoms with Gasteiger partial charge < -0.3 is 10.6 Å². The molecule has 0 fully saturated rings. The Hall–Kier alpha value is -2.22. The van der Waals surface area contributed by atoms with Gasteiger partial charge in [0.25, 0.3) is 5.91 Å². The highest BCUT2D eigenvalue weighted by atomic mass is 32.2. The van der Waals surface area contributed by atoms with Crippen molar-refractivity contribution in [1.82, 2.24) is 4.31 Å². The third-order valence-electron chi connectivity index (χ3n) is 5.23. The van der Waals surface area contributed by atoms with Crippen molar-refractivity contribution < 1.29 is 18.5 Å². The summed E-state index contributed by atoms with van der Waals surface area (Å²) in [5.74, 6) is -0.137. The van der Waals surface area contributed by atoms with Gasteiger partial charge in [-0.15, -0.1) is 0 Å². The predicted octanol–water partition coefficient (Wildman–Crippen LogP) is 1.90. The fourth-order valence-corrected chi connectivity index (χ4v) is 4.58. The summed E-state index contributed by atoms with van der Waals surface area (Å²) in [4.78, 5) is 12.9. The number of amides is 1. The third kappa shape index (κ3) is 4.43. The molecule has 0 radical (unpaired) electrons. The van der Waals surface area contributed by atoms with Gasteiger partial charge in [0, 0.05) is 31.8 Å². The Balaban J connectivity index is 1.69. The molecule has 0 saturated heterocycles. The second kappa shape index (κ2) is 8.43. The molecule has 2 aromatic rings. The van der Waals surface area contributed by atoms with Gasteiger partial charge in [0.05, 0.1) is 4.90 Å². The number of carbonyl (C=O) groups excluding carboxylic acids is 1. The number of nitrogens with two attached hydrogens (primary N) is 1. The molecule has 0 bridgehead atoms. The SMILES string of the molecule is C[C@H]([NH2+][C@H]1CCCc2ccccc21)C(=O)Nc1cccc(S(=O)(=O)N(C)C)c1. The van der Waals surface area contributed by atoms with Gasteiger partial charge in [-0.2, -0.15) is 0 Å². The van der Waals surface area contributed by atoms with E-state index in [4.69, 9.17) is 0 Å². The quantitative estimate of drug-likeness (QED) is 0.774. The van der Waals surface area contributed by atoms with E-state index in [-0.39, 0.29) is 22.9 Å². The average molecular weight is 403 g/mol. The minimum Gasteiger partial charge on any atom is -0.330 e. The molecule has 0 aromatic heterocycles. The van der Waals surface area contributed by atoms with Crippen molar-refractivity contribution in [3.8, 4) is 0 Å². The molecular weight excluding hydrogens is 374 g/mol. The van der Waals surface area contributed by atoms with Crippen LogP contribution < -0.4 is 10.6 Å². The number of hydrogen-bond donors (Lipinski definition) is 2. The molecule has 150 valence electrons. The lowest BCUT2D eigenvalue weighted by atomic mass is 9.87. The topological polar surface area (TPSA) is 83.1 Å². The van der Waals surface area contributed by atoms with E-state index in [0.29, 0.717) is 5.69 Å². The Bertz CT molecular complexity index is 957. The van der Waals surface area contributed by atoms with Crippen molar-refractivity contribution in [2.75, 3.05) is 19.4 Å². The molecule has 0 spiro atoms. The number of fused-ring (bicyclic) bond motifs is 1. The summed E-state index contributed by atoms with van der Waals surface area (Å²) in [7, 11) is -0.566. The number of aryl methyl sites for hydroxylation is 1. The minimum atomic E-state index is -3.54. The lowest BCUT2D eigenvalue weighted by Gasteiger charge is -2.26. The first-order chi connectivity index (χ1) is 13.3. The first kappa shape index (κ1) is 20.5. The molecule has 0 saturated carbocycles. The van der Waals surface area contributed by atoms with Crippen LogP contribution in [-0.4, -0.2) is 38.8 Å². The number of anilines is 1.